The van der Waals surface area contributed by atoms with Crippen molar-refractivity contribution in [2.45, 2.75) is 19.9 Å². The van der Waals surface area contributed by atoms with Crippen molar-refractivity contribution >= 4 is 11.9 Å². The van der Waals surface area contributed by atoms with Crippen molar-refractivity contribution in [1.82, 2.24) is 5.32 Å². The van der Waals surface area contributed by atoms with Gasteiger partial charge >= 0.3 is 12.4 Å². The van der Waals surface area contributed by atoms with Crippen LogP contribution in [-0.4, -0.2) is 23.4 Å². The second-order valence-electron chi connectivity index (χ2n) is 3.01. The summed E-state index contributed by atoms with van der Waals surface area (Å²) in [5.74, 6) is -2.32. The van der Waals surface area contributed by atoms with Crippen LogP contribution in [0.4, 0.5) is 8.78 Å². The van der Waals surface area contributed by atoms with Crippen LogP contribution in [0.1, 0.15) is 21.9 Å². The number of nitrogens with one attached hydrogen (secondary N) is 1. The Balaban J connectivity index is 2.65. The number of carboxylic acid groups (broad SMARTS) is 1. The zero-order chi connectivity index (χ0) is 12.3. The molecule has 1 rings (SSSR count). The standard InChI is InChI=1S/C9H9F2NO4/c1-4-6(9(14)15)2-5(16-4)3-12-8(13)7(10)11/h2,7H,3H2,1H3,(H,12,13)(H,14,15). The van der Waals surface area contributed by atoms with Gasteiger partial charge in [0, 0.05) is 0 Å². The van der Waals surface area contributed by atoms with E-state index >= 15 is 0 Å². The average molecular weight is 233 g/mol. The number of furan rings is 1. The maximum Gasteiger partial charge on any atom is 0.339 e. The minimum atomic E-state index is -3.10. The van der Waals surface area contributed by atoms with Gasteiger partial charge < -0.3 is 14.8 Å². The lowest BCUT2D eigenvalue weighted by Gasteiger charge is -2.00. The fourth-order valence-corrected chi connectivity index (χ4v) is 1.09. The molecule has 1 heterocycles. The molecule has 1 aromatic rings. The normalized spacial score (nSPS) is 10.5. The second-order valence-corrected chi connectivity index (χ2v) is 3.01. The van der Waals surface area contributed by atoms with Crippen molar-refractivity contribution in [1.29, 1.82) is 0 Å². The van der Waals surface area contributed by atoms with E-state index in [2.05, 4.69) is 0 Å². The molecule has 0 unspecified atom stereocenters. The molecule has 0 aromatic carbocycles. The maximum absolute atomic E-state index is 11.8. The number of hydrogen-bond acceptors (Lipinski definition) is 3. The summed E-state index contributed by atoms with van der Waals surface area (Å²) in [6.45, 7) is 1.17. The van der Waals surface area contributed by atoms with Crippen LogP contribution in [0, 0.1) is 6.92 Å². The number of alkyl halides is 2. The van der Waals surface area contributed by atoms with Crippen LogP contribution in [-0.2, 0) is 11.3 Å². The molecule has 0 radical (unpaired) electrons. The molecular formula is C9H9F2NO4. The van der Waals surface area contributed by atoms with Gasteiger partial charge in [0.1, 0.15) is 17.1 Å². The van der Waals surface area contributed by atoms with Crippen molar-refractivity contribution in [3.05, 3.63) is 23.2 Å². The Kier molecular flexibility index (Phi) is 3.60. The molecule has 88 valence electrons. The third-order valence-corrected chi connectivity index (χ3v) is 1.83. The number of aryl methyl sites for hydroxylation is 1. The first-order chi connectivity index (χ1) is 7.41. The first-order valence-corrected chi connectivity index (χ1v) is 4.30. The SMILES string of the molecule is Cc1oc(CNC(=O)C(F)F)cc1C(=O)O. The molecule has 1 aromatic heterocycles. The summed E-state index contributed by atoms with van der Waals surface area (Å²) in [7, 11) is 0. The number of carbonyl (C=O) groups is 2. The summed E-state index contributed by atoms with van der Waals surface area (Å²) >= 11 is 0. The van der Waals surface area contributed by atoms with Crippen molar-refractivity contribution in [2.75, 3.05) is 0 Å². The molecule has 0 aliphatic carbocycles. The van der Waals surface area contributed by atoms with E-state index in [0.717, 1.165) is 0 Å². The Morgan fingerprint density at radius 2 is 2.19 bits per heavy atom. The van der Waals surface area contributed by atoms with Gasteiger partial charge in [-0.3, -0.25) is 4.79 Å². The molecule has 0 aliphatic heterocycles. The van der Waals surface area contributed by atoms with Gasteiger partial charge in [-0.2, -0.15) is 8.78 Å². The molecule has 0 saturated carbocycles. The summed E-state index contributed by atoms with van der Waals surface area (Å²) in [6, 6.07) is 1.18. The molecular weight excluding hydrogens is 224 g/mol. The molecule has 0 bridgehead atoms. The minimum absolute atomic E-state index is 0.0544. The topological polar surface area (TPSA) is 79.5 Å². The van der Waals surface area contributed by atoms with Crippen LogP contribution in [0.25, 0.3) is 0 Å². The highest BCUT2D eigenvalue weighted by atomic mass is 19.3. The fourth-order valence-electron chi connectivity index (χ4n) is 1.09. The van der Waals surface area contributed by atoms with Crippen molar-refractivity contribution in [3.63, 3.8) is 0 Å². The summed E-state index contributed by atoms with van der Waals surface area (Å²) < 4.78 is 28.6. The van der Waals surface area contributed by atoms with Gasteiger partial charge in [0.05, 0.1) is 6.54 Å². The van der Waals surface area contributed by atoms with E-state index in [1.165, 1.54) is 13.0 Å². The van der Waals surface area contributed by atoms with E-state index in [0.29, 0.717) is 0 Å². The zero-order valence-corrected chi connectivity index (χ0v) is 8.29. The van der Waals surface area contributed by atoms with E-state index in [-0.39, 0.29) is 23.6 Å². The predicted octanol–water partition coefficient (Wildman–Crippen LogP) is 1.17. The van der Waals surface area contributed by atoms with E-state index in [1.54, 1.807) is 0 Å². The second kappa shape index (κ2) is 4.73. The lowest BCUT2D eigenvalue weighted by atomic mass is 10.2. The van der Waals surface area contributed by atoms with Crippen LogP contribution in [0.5, 0.6) is 0 Å². The van der Waals surface area contributed by atoms with Gasteiger partial charge in [-0.1, -0.05) is 0 Å². The highest BCUT2D eigenvalue weighted by Crippen LogP contribution is 2.14. The number of hydrogen-bond donors (Lipinski definition) is 2. The first-order valence-electron chi connectivity index (χ1n) is 4.30. The predicted molar refractivity (Wildman–Crippen MR) is 48.3 cm³/mol. The largest absolute Gasteiger partial charge is 0.478 e. The van der Waals surface area contributed by atoms with Crippen LogP contribution >= 0.6 is 0 Å². The van der Waals surface area contributed by atoms with E-state index in [1.807, 2.05) is 5.32 Å². The molecule has 1 amide bonds. The van der Waals surface area contributed by atoms with Gasteiger partial charge in [0.25, 0.3) is 5.91 Å². The van der Waals surface area contributed by atoms with Gasteiger partial charge in [-0.15, -0.1) is 0 Å². The third-order valence-electron chi connectivity index (χ3n) is 1.83. The summed E-state index contributed by atoms with van der Waals surface area (Å²) in [5, 5.41) is 10.6. The Labute approximate surface area is 89.0 Å². The molecule has 0 aliphatic rings. The average Bonchev–Trinajstić information content (AvgIpc) is 2.56. The first kappa shape index (κ1) is 12.2. The van der Waals surface area contributed by atoms with Crippen molar-refractivity contribution in [3.8, 4) is 0 Å². The van der Waals surface area contributed by atoms with Crippen LogP contribution < -0.4 is 5.32 Å². The molecule has 16 heavy (non-hydrogen) atoms. The Bertz CT molecular complexity index is 414. The third kappa shape index (κ3) is 2.78. The smallest absolute Gasteiger partial charge is 0.339 e. The highest BCUT2D eigenvalue weighted by molar-refractivity contribution is 5.88. The number of rotatable bonds is 4. The van der Waals surface area contributed by atoms with Gasteiger partial charge in [-0.05, 0) is 13.0 Å². The van der Waals surface area contributed by atoms with Crippen molar-refractivity contribution < 1.29 is 27.9 Å². The molecule has 7 heteroatoms. The molecule has 0 spiro atoms. The number of carboxylic acids is 1. The maximum atomic E-state index is 11.8. The summed E-state index contributed by atoms with van der Waals surface area (Å²) in [6.07, 6.45) is -3.10. The molecule has 2 N–H and O–H groups in total. The Hall–Kier alpha value is -1.92. The fraction of sp³-hybridized carbons (Fsp3) is 0.333. The van der Waals surface area contributed by atoms with Crippen molar-refractivity contribution in [2.24, 2.45) is 0 Å². The molecule has 5 nitrogen and oxygen atoms in total. The molecule has 0 fully saturated rings. The summed E-state index contributed by atoms with van der Waals surface area (Å²) in [4.78, 5) is 21.1. The zero-order valence-electron chi connectivity index (χ0n) is 8.29. The number of aromatic carboxylic acids is 1. The highest BCUT2D eigenvalue weighted by Gasteiger charge is 2.17. The lowest BCUT2D eigenvalue weighted by Crippen LogP contribution is -2.28. The number of carbonyl (C=O) groups excluding carboxylic acids is 1. The number of halogens is 2. The van der Waals surface area contributed by atoms with E-state index in [4.69, 9.17) is 9.52 Å². The quantitative estimate of drug-likeness (QED) is 0.818. The van der Waals surface area contributed by atoms with E-state index < -0.39 is 18.3 Å². The van der Waals surface area contributed by atoms with E-state index in [9.17, 15) is 18.4 Å². The van der Waals surface area contributed by atoms with Gasteiger partial charge in [0.15, 0.2) is 0 Å². The van der Waals surface area contributed by atoms with Gasteiger partial charge in [0.2, 0.25) is 0 Å². The Morgan fingerprint density at radius 1 is 1.56 bits per heavy atom. The number of amides is 1. The minimum Gasteiger partial charge on any atom is -0.478 e. The molecule has 0 saturated heterocycles. The Morgan fingerprint density at radius 3 is 2.62 bits per heavy atom. The molecule has 0 atom stereocenters. The lowest BCUT2D eigenvalue weighted by molar-refractivity contribution is -0.131. The van der Waals surface area contributed by atoms with Crippen LogP contribution in [0.15, 0.2) is 10.5 Å². The summed E-state index contributed by atoms with van der Waals surface area (Å²) in [5.41, 5.74) is -0.0544. The van der Waals surface area contributed by atoms with Crippen LogP contribution in [0.2, 0.25) is 0 Å². The van der Waals surface area contributed by atoms with Gasteiger partial charge in [-0.25, -0.2) is 4.79 Å². The van der Waals surface area contributed by atoms with Crippen LogP contribution in [0.3, 0.4) is 0 Å². The monoisotopic (exact) mass is 233 g/mol.